The van der Waals surface area contributed by atoms with Gasteiger partial charge in [0.05, 0.1) is 11.5 Å². The van der Waals surface area contributed by atoms with Gasteiger partial charge in [-0.2, -0.15) is 0 Å². The number of hydrogen-bond donors (Lipinski definition) is 4. The summed E-state index contributed by atoms with van der Waals surface area (Å²) in [6, 6.07) is 9.36. The van der Waals surface area contributed by atoms with Crippen LogP contribution in [0.15, 0.2) is 30.3 Å². The van der Waals surface area contributed by atoms with E-state index in [9.17, 15) is 34.2 Å². The third kappa shape index (κ3) is 3.51. The van der Waals surface area contributed by atoms with Gasteiger partial charge < -0.3 is 26.6 Å². The number of anilines is 1. The van der Waals surface area contributed by atoms with Gasteiger partial charge in [-0.15, -0.1) is 0 Å². The molecule has 5 atom stereocenters. The smallest absolute Gasteiger partial charge is 0.235 e. The Kier molecular flexibility index (Phi) is 6.00. The first-order valence-corrected chi connectivity index (χ1v) is 12.4. The van der Waals surface area contributed by atoms with E-state index in [0.29, 0.717) is 16.7 Å². The van der Waals surface area contributed by atoms with Gasteiger partial charge in [-0.25, -0.2) is 0 Å². The molecule has 3 aliphatic rings. The van der Waals surface area contributed by atoms with Crippen LogP contribution in [0, 0.1) is 23.7 Å². The Morgan fingerprint density at radius 3 is 2.32 bits per heavy atom. The number of rotatable bonds is 4. The number of carbonyl (C=O) groups is 5. The minimum Gasteiger partial charge on any atom is -0.507 e. The van der Waals surface area contributed by atoms with Crippen molar-refractivity contribution >= 4 is 34.7 Å². The Morgan fingerprint density at radius 1 is 1.08 bits per heavy atom. The van der Waals surface area contributed by atoms with E-state index < -0.39 is 58.3 Å². The number of amides is 1. The average molecular weight is 520 g/mol. The van der Waals surface area contributed by atoms with Crippen LogP contribution < -0.4 is 16.4 Å². The molecule has 5 rings (SSSR count). The van der Waals surface area contributed by atoms with Crippen molar-refractivity contribution in [3.63, 3.8) is 0 Å². The second-order valence-corrected chi connectivity index (χ2v) is 10.7. The average Bonchev–Trinajstić information content (AvgIpc) is 2.86. The molecule has 0 aromatic heterocycles. The van der Waals surface area contributed by atoms with Crippen molar-refractivity contribution in [2.24, 2.45) is 35.1 Å². The molecule has 2 unspecified atom stereocenters. The zero-order valence-corrected chi connectivity index (χ0v) is 21.1. The number of nitrogens with two attached hydrogens (primary N) is 2. The molecule has 3 aliphatic carbocycles. The molecule has 0 saturated heterocycles. The Bertz CT molecular complexity index is 1410. The minimum absolute atomic E-state index is 0.0411. The number of hydrogen-bond acceptors (Lipinski definition) is 9. The van der Waals surface area contributed by atoms with Crippen molar-refractivity contribution in [3.05, 3.63) is 47.0 Å². The molecular weight excluding hydrogens is 490 g/mol. The zero-order valence-electron chi connectivity index (χ0n) is 21.1. The summed E-state index contributed by atoms with van der Waals surface area (Å²) in [7, 11) is 3.83. The lowest BCUT2D eigenvalue weighted by molar-refractivity contribution is -0.175. The number of aliphatic hydroxyl groups is 1. The Morgan fingerprint density at radius 2 is 1.74 bits per heavy atom. The molecule has 2 aromatic carbocycles. The van der Waals surface area contributed by atoms with E-state index in [1.54, 1.807) is 6.07 Å². The van der Waals surface area contributed by atoms with Crippen LogP contribution in [0.1, 0.15) is 34.3 Å². The van der Waals surface area contributed by atoms with E-state index in [1.807, 2.05) is 43.3 Å². The second-order valence-electron chi connectivity index (χ2n) is 10.7. The van der Waals surface area contributed by atoms with Crippen LogP contribution in [-0.2, 0) is 32.1 Å². The van der Waals surface area contributed by atoms with E-state index in [0.717, 1.165) is 11.3 Å². The molecule has 198 valence electrons. The summed E-state index contributed by atoms with van der Waals surface area (Å²) in [5.74, 6) is -10.4. The van der Waals surface area contributed by atoms with Crippen LogP contribution in [0.4, 0.5) is 5.69 Å². The number of benzene rings is 2. The fourth-order valence-electron chi connectivity index (χ4n) is 6.44. The monoisotopic (exact) mass is 519 g/mol. The van der Waals surface area contributed by atoms with Crippen molar-refractivity contribution in [1.82, 2.24) is 0 Å². The van der Waals surface area contributed by atoms with E-state index in [-0.39, 0.29) is 37.1 Å². The molecule has 38 heavy (non-hydrogen) atoms. The predicted molar refractivity (Wildman–Crippen MR) is 136 cm³/mol. The number of fused-ring (bicyclic) bond motifs is 3. The molecule has 0 bridgehead atoms. The van der Waals surface area contributed by atoms with Crippen molar-refractivity contribution in [3.8, 4) is 16.9 Å². The molecule has 2 saturated carbocycles. The molecular formula is C28H29N3O7. The fourth-order valence-corrected chi connectivity index (χ4v) is 6.44. The van der Waals surface area contributed by atoms with E-state index in [2.05, 4.69) is 0 Å². The highest BCUT2D eigenvalue weighted by molar-refractivity contribution is 6.31. The summed E-state index contributed by atoms with van der Waals surface area (Å²) in [5.41, 5.74) is 11.7. The molecule has 0 radical (unpaired) electrons. The maximum absolute atomic E-state index is 13.9. The molecule has 2 fully saturated rings. The van der Waals surface area contributed by atoms with Crippen molar-refractivity contribution < 1.29 is 34.2 Å². The van der Waals surface area contributed by atoms with Crippen LogP contribution in [0.25, 0.3) is 11.1 Å². The number of ketones is 4. The van der Waals surface area contributed by atoms with Gasteiger partial charge in [0.15, 0.2) is 34.7 Å². The summed E-state index contributed by atoms with van der Waals surface area (Å²) in [6.45, 7) is -0.0654. The number of primary amides is 1. The second kappa shape index (κ2) is 8.85. The fraction of sp³-hybridized carbons (Fsp3) is 0.393. The molecule has 0 spiro atoms. The summed E-state index contributed by atoms with van der Waals surface area (Å²) < 4.78 is 0. The largest absolute Gasteiger partial charge is 0.507 e. The van der Waals surface area contributed by atoms with Crippen molar-refractivity contribution in [2.75, 3.05) is 19.0 Å². The highest BCUT2D eigenvalue weighted by Gasteiger charge is 2.66. The Balaban J connectivity index is 1.64. The first-order chi connectivity index (χ1) is 17.9. The van der Waals surface area contributed by atoms with E-state index >= 15 is 0 Å². The topological polar surface area (TPSA) is 181 Å². The maximum atomic E-state index is 13.9. The molecule has 0 aliphatic heterocycles. The third-order valence-corrected chi connectivity index (χ3v) is 8.40. The van der Waals surface area contributed by atoms with Crippen LogP contribution in [0.5, 0.6) is 5.75 Å². The number of phenols is 1. The number of Topliss-reactive ketones (excluding diaryl/α,β-unsaturated/α-hetero) is 4. The lowest BCUT2D eigenvalue weighted by Gasteiger charge is -2.48. The minimum atomic E-state index is -2.67. The quantitative estimate of drug-likeness (QED) is 0.419. The molecule has 10 heteroatoms. The third-order valence-electron chi connectivity index (χ3n) is 8.40. The lowest BCUT2D eigenvalue weighted by atomic mass is 9.53. The number of carbonyl (C=O) groups excluding carboxylic acids is 5. The van der Waals surface area contributed by atoms with Crippen LogP contribution in [0.3, 0.4) is 0 Å². The van der Waals surface area contributed by atoms with Crippen molar-refractivity contribution in [1.29, 1.82) is 0 Å². The lowest BCUT2D eigenvalue weighted by Crippen LogP contribution is -2.68. The Labute approximate surface area is 218 Å². The van der Waals surface area contributed by atoms with Crippen LogP contribution in [0.2, 0.25) is 0 Å². The zero-order chi connectivity index (χ0) is 27.7. The van der Waals surface area contributed by atoms with Crippen LogP contribution >= 0.6 is 0 Å². The van der Waals surface area contributed by atoms with Crippen molar-refractivity contribution in [2.45, 2.75) is 31.4 Å². The first-order valence-electron chi connectivity index (χ1n) is 12.4. The van der Waals surface area contributed by atoms with Gasteiger partial charge in [0.2, 0.25) is 5.91 Å². The summed E-state index contributed by atoms with van der Waals surface area (Å²) in [4.78, 5) is 66.9. The van der Waals surface area contributed by atoms with Gasteiger partial charge in [-0.1, -0.05) is 12.1 Å². The van der Waals surface area contributed by atoms with Gasteiger partial charge in [-0.3, -0.25) is 24.0 Å². The highest BCUT2D eigenvalue weighted by atomic mass is 16.3. The SMILES string of the molecule is CN(C)c1ccc(-c2cc(CN)c(O)c3c2C[C@H]2C[C@H]4CC(=O)C(C(N)=O)C(=O)[C@@]4(O)C(=O)C2C3=O)cc1. The van der Waals surface area contributed by atoms with Crippen LogP contribution in [-0.4, -0.2) is 58.9 Å². The summed E-state index contributed by atoms with van der Waals surface area (Å²) >= 11 is 0. The number of aromatic hydroxyl groups is 1. The summed E-state index contributed by atoms with van der Waals surface area (Å²) in [5, 5.41) is 22.4. The molecule has 6 N–H and O–H groups in total. The molecule has 0 heterocycles. The maximum Gasteiger partial charge on any atom is 0.235 e. The molecule has 10 nitrogen and oxygen atoms in total. The van der Waals surface area contributed by atoms with Gasteiger partial charge in [-0.05, 0) is 53.6 Å². The van der Waals surface area contributed by atoms with Gasteiger partial charge in [0, 0.05) is 44.2 Å². The highest BCUT2D eigenvalue weighted by Crippen LogP contribution is 2.51. The molecule has 2 aromatic rings. The predicted octanol–water partition coefficient (Wildman–Crippen LogP) is 0.519. The van der Waals surface area contributed by atoms with Gasteiger partial charge in [0.1, 0.15) is 5.75 Å². The molecule has 1 amide bonds. The summed E-state index contributed by atoms with van der Waals surface area (Å²) in [6.07, 6.45) is -0.129. The Hall–Kier alpha value is -3.89. The number of nitrogens with zero attached hydrogens (tertiary/aromatic N) is 1. The van der Waals surface area contributed by atoms with Gasteiger partial charge >= 0.3 is 0 Å². The number of phenolic OH excluding ortho intramolecular Hbond substituents is 1. The van der Waals surface area contributed by atoms with E-state index in [1.165, 1.54) is 0 Å². The standard InChI is InChI=1S/C28H29N3O7/c1-31(2)16-5-3-12(4-6-16)17-9-14(11-29)23(33)21-18(17)8-13-7-15-10-19(32)22(27(30)37)26(36)28(15,38)25(35)20(13)24(21)34/h3-6,9,13,15,20,22,33,38H,7-8,10-11,29H2,1-2H3,(H2,30,37)/t13-,15+,20?,22?,28+/m1/s1. The normalized spacial score (nSPS) is 28.4. The first kappa shape index (κ1) is 25.7. The van der Waals surface area contributed by atoms with E-state index in [4.69, 9.17) is 11.5 Å². The van der Waals surface area contributed by atoms with Gasteiger partial charge in [0.25, 0.3) is 0 Å².